The Balaban J connectivity index is 1.33. The van der Waals surface area contributed by atoms with Crippen molar-refractivity contribution >= 4 is 34.0 Å². The maximum absolute atomic E-state index is 13.7. The average molecular weight is 630 g/mol. The van der Waals surface area contributed by atoms with Crippen LogP contribution in [0.5, 0.6) is 0 Å². The summed E-state index contributed by atoms with van der Waals surface area (Å²) in [6.07, 6.45) is 7.82. The summed E-state index contributed by atoms with van der Waals surface area (Å²) in [5.41, 5.74) is -0.428. The van der Waals surface area contributed by atoms with Crippen molar-refractivity contribution in [2.45, 2.75) is 108 Å². The number of allylic oxidation sites excluding steroid dienone is 1. The monoisotopic (exact) mass is 629 g/mol. The van der Waals surface area contributed by atoms with E-state index in [2.05, 4.69) is 15.4 Å². The molecule has 0 aromatic heterocycles. The Morgan fingerprint density at radius 1 is 1.02 bits per heavy atom. The smallest absolute Gasteiger partial charge is 0.408 e. The molecule has 4 atom stereocenters. The molecule has 1 aromatic rings. The van der Waals surface area contributed by atoms with Crippen molar-refractivity contribution in [3.05, 3.63) is 47.5 Å². The summed E-state index contributed by atoms with van der Waals surface area (Å²) >= 11 is 0. The summed E-state index contributed by atoms with van der Waals surface area (Å²) in [7, 11) is -4.19. The molecule has 2 fully saturated rings. The number of nitrogens with one attached hydrogen (secondary N) is 3. The number of hydrogen-bond donors (Lipinski definition) is 3. The molecule has 13 heteroatoms. The van der Waals surface area contributed by atoms with Gasteiger partial charge in [0.25, 0.3) is 5.91 Å². The first-order chi connectivity index (χ1) is 20.8. The number of rotatable bonds is 4. The number of benzene rings is 1. The lowest BCUT2D eigenvalue weighted by atomic mass is 10.0. The Morgan fingerprint density at radius 2 is 1.73 bits per heavy atom. The van der Waals surface area contributed by atoms with E-state index < -0.39 is 51.3 Å². The van der Waals surface area contributed by atoms with Crippen LogP contribution in [-0.4, -0.2) is 71.2 Å². The molecule has 1 saturated carbocycles. The Morgan fingerprint density at radius 3 is 2.41 bits per heavy atom. The number of alkyl carbamates (subject to hydrolysis) is 1. The third kappa shape index (κ3) is 7.09. The fourth-order valence-electron chi connectivity index (χ4n) is 6.29. The van der Waals surface area contributed by atoms with Gasteiger partial charge in [-0.05, 0) is 70.4 Å². The van der Waals surface area contributed by atoms with Crippen molar-refractivity contribution in [1.82, 2.24) is 24.6 Å². The first-order valence-corrected chi connectivity index (χ1v) is 16.9. The van der Waals surface area contributed by atoms with Crippen LogP contribution in [0.3, 0.4) is 0 Å². The summed E-state index contributed by atoms with van der Waals surface area (Å²) < 4.78 is 35.4. The molecule has 0 radical (unpaired) electrons. The highest BCUT2D eigenvalue weighted by Crippen LogP contribution is 2.46. The molecule has 1 aromatic carbocycles. The second-order valence-electron chi connectivity index (χ2n) is 13.2. The van der Waals surface area contributed by atoms with E-state index in [9.17, 15) is 27.6 Å². The van der Waals surface area contributed by atoms with Gasteiger partial charge in [0.15, 0.2) is 0 Å². The van der Waals surface area contributed by atoms with Crippen LogP contribution in [0.15, 0.2) is 36.4 Å². The molecule has 5 rings (SSSR count). The zero-order valence-corrected chi connectivity index (χ0v) is 26.5. The minimum Gasteiger partial charge on any atom is -0.444 e. The number of carbonyl (C=O) groups is 4. The Labute approximate surface area is 259 Å². The van der Waals surface area contributed by atoms with E-state index in [4.69, 9.17) is 4.74 Å². The van der Waals surface area contributed by atoms with E-state index >= 15 is 0 Å². The number of nitrogens with zero attached hydrogens (tertiary/aromatic N) is 2. The van der Waals surface area contributed by atoms with Gasteiger partial charge in [-0.15, -0.1) is 0 Å². The molecule has 1 saturated heterocycles. The number of ether oxygens (including phenoxy) is 1. The molecule has 4 aliphatic rings. The van der Waals surface area contributed by atoms with Gasteiger partial charge in [0.05, 0.1) is 0 Å². The van der Waals surface area contributed by atoms with Crippen molar-refractivity contribution in [1.29, 1.82) is 0 Å². The second-order valence-corrected chi connectivity index (χ2v) is 14.9. The molecule has 4 amide bonds. The fourth-order valence-corrected chi connectivity index (χ4v) is 7.45. The van der Waals surface area contributed by atoms with Crippen molar-refractivity contribution in [2.24, 2.45) is 5.92 Å². The van der Waals surface area contributed by atoms with Crippen molar-refractivity contribution in [2.75, 3.05) is 6.54 Å². The minimum atomic E-state index is -4.19. The van der Waals surface area contributed by atoms with Gasteiger partial charge in [-0.1, -0.05) is 49.3 Å². The van der Waals surface area contributed by atoms with E-state index in [1.807, 2.05) is 36.4 Å². The van der Waals surface area contributed by atoms with Gasteiger partial charge in [0, 0.05) is 25.6 Å². The van der Waals surface area contributed by atoms with E-state index in [0.717, 1.165) is 30.4 Å². The Bertz CT molecular complexity index is 1410. The van der Waals surface area contributed by atoms with Crippen molar-refractivity contribution in [3.63, 3.8) is 0 Å². The zero-order valence-electron chi connectivity index (χ0n) is 25.6. The van der Waals surface area contributed by atoms with Crippen LogP contribution < -0.4 is 15.4 Å². The maximum atomic E-state index is 13.7. The second kappa shape index (κ2) is 12.5. The van der Waals surface area contributed by atoms with Gasteiger partial charge < -0.3 is 20.3 Å². The number of amides is 4. The lowest BCUT2D eigenvalue weighted by Crippen LogP contribution is -2.59. The molecule has 44 heavy (non-hydrogen) atoms. The summed E-state index contributed by atoms with van der Waals surface area (Å²) in [6, 6.07) is 5.68. The quantitative estimate of drug-likeness (QED) is 0.433. The SMILES string of the molecule is CC(C)(C)OC(=O)N[C@H]1CCCCC/C=C\[C@H]2C[C@@]2(C(=O)NS(=O)(=O)N2Cc3ccccc3C2)NC(=O)[C@@H]2CCCN2C1=O. The van der Waals surface area contributed by atoms with Crippen molar-refractivity contribution in [3.8, 4) is 0 Å². The molecule has 0 spiro atoms. The third-order valence-electron chi connectivity index (χ3n) is 8.70. The predicted octanol–water partition coefficient (Wildman–Crippen LogP) is 2.64. The Kier molecular flexibility index (Phi) is 9.08. The van der Waals surface area contributed by atoms with Crippen molar-refractivity contribution < 1.29 is 32.3 Å². The number of fused-ring (bicyclic) bond motifs is 3. The number of hydrogen-bond acceptors (Lipinski definition) is 7. The molecule has 3 heterocycles. The standard InChI is InChI=1S/C31H43N5O7S/c1-30(2,3)43-29(40)32-24-15-8-6-4-5-7-14-23-18-31(23,33-26(37)25-16-11-17-36(25)27(24)38)28(39)34-44(41,42)35-19-21-12-9-10-13-22(21)20-35/h7,9-10,12-14,23-25H,4-6,8,11,15-20H2,1-3H3,(H,32,40)(H,33,37)(H,34,39)/b14-7-/t23-,24-,25-,31+/m0/s1. The maximum Gasteiger partial charge on any atom is 0.408 e. The highest BCUT2D eigenvalue weighted by Gasteiger charge is 2.61. The molecule has 3 N–H and O–H groups in total. The molecule has 12 nitrogen and oxygen atoms in total. The topological polar surface area (TPSA) is 154 Å². The van der Waals surface area contributed by atoms with Gasteiger partial charge >= 0.3 is 16.3 Å². The van der Waals surface area contributed by atoms with Gasteiger partial charge in [-0.3, -0.25) is 14.4 Å². The van der Waals surface area contributed by atoms with Crippen LogP contribution in [0.1, 0.15) is 83.3 Å². The summed E-state index contributed by atoms with van der Waals surface area (Å²) in [4.78, 5) is 55.2. The third-order valence-corrected chi connectivity index (χ3v) is 10.1. The lowest BCUT2D eigenvalue weighted by Gasteiger charge is -2.30. The largest absolute Gasteiger partial charge is 0.444 e. The molecule has 240 valence electrons. The van der Waals surface area contributed by atoms with Crippen LogP contribution in [0.25, 0.3) is 0 Å². The average Bonchev–Trinajstić information content (AvgIpc) is 3.28. The zero-order chi connectivity index (χ0) is 31.7. The van der Waals surface area contributed by atoms with Crippen LogP contribution in [0, 0.1) is 5.92 Å². The van der Waals surface area contributed by atoms with Gasteiger partial charge in [0.2, 0.25) is 11.8 Å². The van der Waals surface area contributed by atoms with E-state index in [1.165, 1.54) is 9.21 Å². The highest BCUT2D eigenvalue weighted by atomic mass is 32.2. The van der Waals surface area contributed by atoms with Crippen LogP contribution in [0.4, 0.5) is 4.79 Å². The van der Waals surface area contributed by atoms with E-state index in [-0.39, 0.29) is 31.3 Å². The normalized spacial score (nSPS) is 28.8. The summed E-state index contributed by atoms with van der Waals surface area (Å²) in [6.45, 7) is 5.86. The van der Waals surface area contributed by atoms with Crippen LogP contribution in [0.2, 0.25) is 0 Å². The lowest BCUT2D eigenvalue weighted by molar-refractivity contribution is -0.141. The number of carbonyl (C=O) groups excluding carboxylic acids is 4. The molecule has 1 aliphatic carbocycles. The van der Waals surface area contributed by atoms with Crippen LogP contribution >= 0.6 is 0 Å². The highest BCUT2D eigenvalue weighted by molar-refractivity contribution is 7.87. The first-order valence-electron chi connectivity index (χ1n) is 15.5. The molecular weight excluding hydrogens is 586 g/mol. The van der Waals surface area contributed by atoms with Gasteiger partial charge in [0.1, 0.15) is 23.2 Å². The molecule has 3 aliphatic heterocycles. The van der Waals surface area contributed by atoms with Gasteiger partial charge in [-0.2, -0.15) is 12.7 Å². The predicted molar refractivity (Wildman–Crippen MR) is 162 cm³/mol. The van der Waals surface area contributed by atoms with Crippen LogP contribution in [-0.2, 0) is 42.4 Å². The summed E-state index contributed by atoms with van der Waals surface area (Å²) in [5.74, 6) is -2.06. The minimum absolute atomic E-state index is 0.152. The van der Waals surface area contributed by atoms with E-state index in [1.54, 1.807) is 20.8 Å². The molecule has 0 unspecified atom stereocenters. The van der Waals surface area contributed by atoms with E-state index in [0.29, 0.717) is 32.2 Å². The Hall–Kier alpha value is -3.45. The first kappa shape index (κ1) is 32.0. The molecular formula is C31H43N5O7S. The molecule has 0 bridgehead atoms. The summed E-state index contributed by atoms with van der Waals surface area (Å²) in [5, 5.41) is 5.57. The fraction of sp³-hybridized carbons (Fsp3) is 0.613. The van der Waals surface area contributed by atoms with Gasteiger partial charge in [-0.25, -0.2) is 9.52 Å².